The molecule has 1 atom stereocenters. The third kappa shape index (κ3) is 2.64. The molecule has 0 aliphatic carbocycles. The Morgan fingerprint density at radius 3 is 2.27 bits per heavy atom. The van der Waals surface area contributed by atoms with Crippen LogP contribution < -0.4 is 4.90 Å². The first kappa shape index (κ1) is 14.2. The molecular weight excluding hydrogens is 288 g/mol. The molecule has 2 heterocycles. The summed E-state index contributed by atoms with van der Waals surface area (Å²) >= 11 is 1.90. The molecule has 0 saturated carbocycles. The number of benzene rings is 2. The zero-order valence-corrected chi connectivity index (χ0v) is 13.9. The lowest BCUT2D eigenvalue weighted by molar-refractivity contribution is 0.214. The van der Waals surface area contributed by atoms with Crippen LogP contribution in [0.1, 0.15) is 12.8 Å². The molecule has 22 heavy (non-hydrogen) atoms. The normalized spacial score (nSPS) is 21.3. The molecule has 0 amide bonds. The third-order valence-electron chi connectivity index (χ3n) is 4.69. The van der Waals surface area contributed by atoms with Crippen LogP contribution >= 0.6 is 11.8 Å². The Morgan fingerprint density at radius 2 is 1.64 bits per heavy atom. The zero-order valence-electron chi connectivity index (χ0n) is 13.0. The van der Waals surface area contributed by atoms with Crippen LogP contribution in [0.4, 0.5) is 11.4 Å². The third-order valence-corrected chi connectivity index (χ3v) is 5.83. The molecule has 0 bridgehead atoms. The van der Waals surface area contributed by atoms with Crippen LogP contribution in [0.5, 0.6) is 0 Å². The predicted octanol–water partition coefficient (Wildman–Crippen LogP) is 4.63. The summed E-state index contributed by atoms with van der Waals surface area (Å²) in [7, 11) is 2.25. The number of piperidine rings is 1. The van der Waals surface area contributed by atoms with Crippen molar-refractivity contribution in [3.8, 4) is 0 Å². The monoisotopic (exact) mass is 310 g/mol. The Morgan fingerprint density at radius 1 is 1.00 bits per heavy atom. The van der Waals surface area contributed by atoms with Gasteiger partial charge in [-0.3, -0.25) is 0 Å². The summed E-state index contributed by atoms with van der Waals surface area (Å²) in [5.41, 5.74) is 2.75. The first-order chi connectivity index (χ1) is 10.8. The fourth-order valence-electron chi connectivity index (χ4n) is 3.66. The topological polar surface area (TPSA) is 6.48 Å². The van der Waals surface area contributed by atoms with Crippen molar-refractivity contribution in [1.82, 2.24) is 4.90 Å². The van der Waals surface area contributed by atoms with E-state index in [9.17, 15) is 0 Å². The maximum absolute atomic E-state index is 2.55. The molecule has 2 aliphatic rings. The van der Waals surface area contributed by atoms with Crippen molar-refractivity contribution in [1.29, 1.82) is 0 Å². The summed E-state index contributed by atoms with van der Waals surface area (Å²) in [6, 6.07) is 17.6. The highest BCUT2D eigenvalue weighted by atomic mass is 32.2. The number of rotatable bonds is 2. The molecule has 0 N–H and O–H groups in total. The Labute approximate surface area is 137 Å². The van der Waals surface area contributed by atoms with Crippen molar-refractivity contribution < 1.29 is 0 Å². The van der Waals surface area contributed by atoms with E-state index in [2.05, 4.69) is 65.4 Å². The van der Waals surface area contributed by atoms with Crippen molar-refractivity contribution in [2.45, 2.75) is 22.6 Å². The summed E-state index contributed by atoms with van der Waals surface area (Å²) in [5.74, 6) is 0.753. The fourth-order valence-corrected chi connectivity index (χ4v) is 4.75. The highest BCUT2D eigenvalue weighted by Gasteiger charge is 2.26. The van der Waals surface area contributed by atoms with Crippen LogP contribution in [-0.4, -0.2) is 31.6 Å². The van der Waals surface area contributed by atoms with Crippen LogP contribution in [0.2, 0.25) is 0 Å². The van der Waals surface area contributed by atoms with Gasteiger partial charge in [-0.25, -0.2) is 0 Å². The van der Waals surface area contributed by atoms with Crippen LogP contribution in [0, 0.1) is 5.92 Å². The van der Waals surface area contributed by atoms with E-state index in [1.165, 1.54) is 47.1 Å². The van der Waals surface area contributed by atoms with Gasteiger partial charge < -0.3 is 9.80 Å². The number of hydrogen-bond acceptors (Lipinski definition) is 3. The van der Waals surface area contributed by atoms with Gasteiger partial charge in [-0.05, 0) is 56.6 Å². The Kier molecular flexibility index (Phi) is 3.85. The molecule has 0 aromatic heterocycles. The van der Waals surface area contributed by atoms with E-state index in [-0.39, 0.29) is 0 Å². The molecule has 2 aliphatic heterocycles. The van der Waals surface area contributed by atoms with Crippen molar-refractivity contribution >= 4 is 23.1 Å². The molecule has 4 rings (SSSR count). The van der Waals surface area contributed by atoms with Crippen LogP contribution in [-0.2, 0) is 0 Å². The van der Waals surface area contributed by atoms with Gasteiger partial charge in [0.05, 0.1) is 11.4 Å². The maximum Gasteiger partial charge on any atom is 0.0552 e. The van der Waals surface area contributed by atoms with E-state index in [4.69, 9.17) is 0 Å². The van der Waals surface area contributed by atoms with Gasteiger partial charge in [0.15, 0.2) is 0 Å². The molecular formula is C19H22N2S. The molecule has 2 aromatic rings. The van der Waals surface area contributed by atoms with Crippen molar-refractivity contribution in [2.75, 3.05) is 31.6 Å². The number of likely N-dealkylation sites (tertiary alicyclic amines) is 1. The molecule has 0 radical (unpaired) electrons. The highest BCUT2D eigenvalue weighted by Crippen LogP contribution is 2.48. The Balaban J connectivity index is 1.68. The van der Waals surface area contributed by atoms with E-state index >= 15 is 0 Å². The second-order valence-electron chi connectivity index (χ2n) is 6.42. The summed E-state index contributed by atoms with van der Waals surface area (Å²) in [6.45, 7) is 3.59. The molecule has 0 unspecified atom stereocenters. The molecule has 114 valence electrons. The van der Waals surface area contributed by atoms with E-state index < -0.39 is 0 Å². The smallest absolute Gasteiger partial charge is 0.0552 e. The highest BCUT2D eigenvalue weighted by molar-refractivity contribution is 7.99. The summed E-state index contributed by atoms with van der Waals surface area (Å²) in [5, 5.41) is 0. The fraction of sp³-hybridized carbons (Fsp3) is 0.368. The second-order valence-corrected chi connectivity index (χ2v) is 7.50. The molecule has 0 spiro atoms. The minimum absolute atomic E-state index is 0.753. The van der Waals surface area contributed by atoms with E-state index in [1.54, 1.807) is 0 Å². The first-order valence-electron chi connectivity index (χ1n) is 8.13. The average Bonchev–Trinajstić information content (AvgIpc) is 2.55. The van der Waals surface area contributed by atoms with Gasteiger partial charge in [-0.2, -0.15) is 0 Å². The molecule has 1 saturated heterocycles. The average molecular weight is 310 g/mol. The number of fused-ring (bicyclic) bond motifs is 2. The van der Waals surface area contributed by atoms with Gasteiger partial charge in [0, 0.05) is 22.9 Å². The second kappa shape index (κ2) is 5.98. The van der Waals surface area contributed by atoms with Gasteiger partial charge in [-0.15, -0.1) is 0 Å². The maximum atomic E-state index is 2.55. The standard InChI is InChI=1S/C19H22N2S/c1-20-12-6-7-15(13-20)14-21-16-8-2-4-10-18(16)22-19-11-5-3-9-17(19)21/h2-5,8-11,15H,6-7,12-14H2,1H3/t15-/m0/s1. The summed E-state index contributed by atoms with van der Waals surface area (Å²) < 4.78 is 0. The molecule has 2 nitrogen and oxygen atoms in total. The van der Waals surface area contributed by atoms with Gasteiger partial charge in [-0.1, -0.05) is 36.0 Å². The van der Waals surface area contributed by atoms with Crippen LogP contribution in [0.25, 0.3) is 0 Å². The summed E-state index contributed by atoms with van der Waals surface area (Å²) in [6.07, 6.45) is 2.67. The number of hydrogen-bond donors (Lipinski definition) is 0. The SMILES string of the molecule is CN1CCC[C@H](CN2c3ccccc3Sc3ccccc32)C1. The summed E-state index contributed by atoms with van der Waals surface area (Å²) in [4.78, 5) is 7.78. The largest absolute Gasteiger partial charge is 0.339 e. The van der Waals surface area contributed by atoms with E-state index in [0.717, 1.165) is 12.5 Å². The van der Waals surface area contributed by atoms with E-state index in [0.29, 0.717) is 0 Å². The molecule has 1 fully saturated rings. The van der Waals surface area contributed by atoms with Gasteiger partial charge >= 0.3 is 0 Å². The van der Waals surface area contributed by atoms with Crippen molar-refractivity contribution in [2.24, 2.45) is 5.92 Å². The number of anilines is 2. The Bertz CT molecular complexity index is 624. The van der Waals surface area contributed by atoms with Crippen LogP contribution in [0.15, 0.2) is 58.3 Å². The number of para-hydroxylation sites is 2. The molecule has 2 aromatic carbocycles. The molecule has 3 heteroatoms. The minimum Gasteiger partial charge on any atom is -0.339 e. The van der Waals surface area contributed by atoms with Gasteiger partial charge in [0.1, 0.15) is 0 Å². The number of nitrogens with zero attached hydrogens (tertiary/aromatic N) is 2. The van der Waals surface area contributed by atoms with Crippen LogP contribution in [0.3, 0.4) is 0 Å². The van der Waals surface area contributed by atoms with Crippen molar-refractivity contribution in [3.05, 3.63) is 48.5 Å². The van der Waals surface area contributed by atoms with Crippen molar-refractivity contribution in [3.63, 3.8) is 0 Å². The van der Waals surface area contributed by atoms with Gasteiger partial charge in [0.2, 0.25) is 0 Å². The zero-order chi connectivity index (χ0) is 14.9. The lowest BCUT2D eigenvalue weighted by atomic mass is 9.97. The Hall–Kier alpha value is -1.45. The quantitative estimate of drug-likeness (QED) is 0.798. The minimum atomic E-state index is 0.753. The lowest BCUT2D eigenvalue weighted by Gasteiger charge is -2.38. The predicted molar refractivity (Wildman–Crippen MR) is 94.2 cm³/mol. The van der Waals surface area contributed by atoms with Gasteiger partial charge in [0.25, 0.3) is 0 Å². The first-order valence-corrected chi connectivity index (χ1v) is 8.95. The lowest BCUT2D eigenvalue weighted by Crippen LogP contribution is -2.38. The van der Waals surface area contributed by atoms with E-state index in [1.807, 2.05) is 11.8 Å².